The van der Waals surface area contributed by atoms with E-state index in [1.165, 1.54) is 0 Å². The summed E-state index contributed by atoms with van der Waals surface area (Å²) in [5, 5.41) is 8.79. The molecule has 78 valence electrons. The van der Waals surface area contributed by atoms with Crippen molar-refractivity contribution in [1.29, 1.82) is 0 Å². The molecule has 0 saturated heterocycles. The van der Waals surface area contributed by atoms with Crippen molar-refractivity contribution in [1.82, 2.24) is 4.98 Å². The van der Waals surface area contributed by atoms with Gasteiger partial charge in [0.05, 0.1) is 12.2 Å². The molecule has 0 saturated carbocycles. The van der Waals surface area contributed by atoms with Gasteiger partial charge in [-0.3, -0.25) is 4.79 Å². The Kier molecular flexibility index (Phi) is 3.32. The van der Waals surface area contributed by atoms with Crippen molar-refractivity contribution in [2.45, 2.75) is 19.6 Å². The maximum atomic E-state index is 12.3. The normalized spacial score (nSPS) is 10.9. The molecule has 1 aromatic heterocycles. The summed E-state index contributed by atoms with van der Waals surface area (Å²) in [5.41, 5.74) is 3.98. The van der Waals surface area contributed by atoms with Crippen LogP contribution in [-0.4, -0.2) is 10.1 Å². The van der Waals surface area contributed by atoms with Crippen LogP contribution in [0.3, 0.4) is 0 Å². The third-order valence-corrected chi connectivity index (χ3v) is 1.90. The monoisotopic (exact) mass is 204 g/mol. The van der Waals surface area contributed by atoms with Crippen molar-refractivity contribution in [2.75, 3.05) is 0 Å². The molecule has 0 radical (unpaired) electrons. The zero-order valence-corrected chi connectivity index (χ0v) is 7.26. The van der Waals surface area contributed by atoms with Crippen LogP contribution >= 0.6 is 0 Å². The Morgan fingerprint density at radius 3 is 2.64 bits per heavy atom. The van der Waals surface area contributed by atoms with Crippen LogP contribution < -0.4 is 11.2 Å². The van der Waals surface area contributed by atoms with E-state index in [9.17, 15) is 13.6 Å². The Morgan fingerprint density at radius 2 is 2.21 bits per heavy atom. The summed E-state index contributed by atoms with van der Waals surface area (Å²) in [6, 6.07) is 0. The summed E-state index contributed by atoms with van der Waals surface area (Å²) < 4.78 is 24.5. The van der Waals surface area contributed by atoms with Crippen LogP contribution in [0.5, 0.6) is 0 Å². The average Bonchev–Trinajstić information content (AvgIpc) is 2.16. The highest BCUT2D eigenvalue weighted by Crippen LogP contribution is 2.15. The fourth-order valence-corrected chi connectivity index (χ4v) is 1.15. The fourth-order valence-electron chi connectivity index (χ4n) is 1.15. The lowest BCUT2D eigenvalue weighted by Gasteiger charge is -2.06. The first-order chi connectivity index (χ1) is 6.61. The van der Waals surface area contributed by atoms with E-state index in [0.717, 1.165) is 6.20 Å². The molecule has 0 aromatic carbocycles. The van der Waals surface area contributed by atoms with Gasteiger partial charge in [-0.05, 0) is 0 Å². The summed E-state index contributed by atoms with van der Waals surface area (Å²) >= 11 is 0. The smallest absolute Gasteiger partial charge is 0.269 e. The average molecular weight is 204 g/mol. The molecule has 14 heavy (non-hydrogen) atoms. The third-order valence-electron chi connectivity index (χ3n) is 1.90. The number of nitrogens with one attached hydrogen (secondary N) is 1. The molecular formula is C8H10F2N2O2. The largest absolute Gasteiger partial charge is 0.390 e. The highest BCUT2D eigenvalue weighted by molar-refractivity contribution is 5.25. The van der Waals surface area contributed by atoms with Gasteiger partial charge in [0.15, 0.2) is 5.43 Å². The number of nitrogens with two attached hydrogens (primary N) is 1. The van der Waals surface area contributed by atoms with E-state index in [1.54, 1.807) is 0 Å². The number of pyridine rings is 1. The van der Waals surface area contributed by atoms with Crippen LogP contribution in [0.2, 0.25) is 0 Å². The molecule has 0 aliphatic carbocycles. The van der Waals surface area contributed by atoms with E-state index < -0.39 is 24.0 Å². The number of hydrogen-bond donors (Lipinski definition) is 3. The SMILES string of the molecule is NCc1c(CO)[nH]cc(C(F)F)c1=O. The van der Waals surface area contributed by atoms with E-state index >= 15 is 0 Å². The van der Waals surface area contributed by atoms with Crippen LogP contribution in [0, 0.1) is 0 Å². The van der Waals surface area contributed by atoms with Gasteiger partial charge in [-0.1, -0.05) is 0 Å². The second kappa shape index (κ2) is 4.30. The summed E-state index contributed by atoms with van der Waals surface area (Å²) in [7, 11) is 0. The predicted molar refractivity (Wildman–Crippen MR) is 45.8 cm³/mol. The quantitative estimate of drug-likeness (QED) is 0.660. The lowest BCUT2D eigenvalue weighted by molar-refractivity contribution is 0.149. The number of aromatic nitrogens is 1. The van der Waals surface area contributed by atoms with Crippen molar-refractivity contribution in [2.24, 2.45) is 5.73 Å². The number of H-pyrrole nitrogens is 1. The fraction of sp³-hybridized carbons (Fsp3) is 0.375. The van der Waals surface area contributed by atoms with Crippen LogP contribution in [0.1, 0.15) is 23.2 Å². The first kappa shape index (κ1) is 10.8. The summed E-state index contributed by atoms with van der Waals surface area (Å²) in [6.45, 7) is -0.600. The maximum absolute atomic E-state index is 12.3. The van der Waals surface area contributed by atoms with Gasteiger partial charge in [-0.2, -0.15) is 0 Å². The minimum absolute atomic E-state index is 0.00491. The van der Waals surface area contributed by atoms with Gasteiger partial charge in [-0.15, -0.1) is 0 Å². The molecule has 1 aromatic rings. The molecule has 0 aliphatic heterocycles. The second-order valence-electron chi connectivity index (χ2n) is 2.69. The molecule has 4 N–H and O–H groups in total. The van der Waals surface area contributed by atoms with Gasteiger partial charge >= 0.3 is 0 Å². The molecule has 0 unspecified atom stereocenters. The molecule has 0 fully saturated rings. The Hall–Kier alpha value is -1.27. The topological polar surface area (TPSA) is 79.1 Å². The van der Waals surface area contributed by atoms with Crippen LogP contribution in [-0.2, 0) is 13.2 Å². The van der Waals surface area contributed by atoms with E-state index in [-0.39, 0.29) is 17.8 Å². The van der Waals surface area contributed by atoms with Crippen molar-refractivity contribution >= 4 is 0 Å². The number of hydrogen-bond acceptors (Lipinski definition) is 3. The van der Waals surface area contributed by atoms with Crippen molar-refractivity contribution in [3.63, 3.8) is 0 Å². The molecule has 0 spiro atoms. The highest BCUT2D eigenvalue weighted by atomic mass is 19.3. The first-order valence-electron chi connectivity index (χ1n) is 3.94. The van der Waals surface area contributed by atoms with E-state index in [4.69, 9.17) is 10.8 Å². The van der Waals surface area contributed by atoms with E-state index in [1.807, 2.05) is 0 Å². The molecule has 1 heterocycles. The molecular weight excluding hydrogens is 194 g/mol. The number of rotatable bonds is 3. The lowest BCUT2D eigenvalue weighted by Crippen LogP contribution is -2.21. The molecule has 0 bridgehead atoms. The molecule has 0 atom stereocenters. The van der Waals surface area contributed by atoms with Gasteiger partial charge in [-0.25, -0.2) is 8.78 Å². The van der Waals surface area contributed by atoms with Gasteiger partial charge < -0.3 is 15.8 Å². The maximum Gasteiger partial charge on any atom is 0.269 e. The standard InChI is InChI=1S/C8H10F2N2O2/c9-8(10)5-2-12-6(3-13)4(1-11)7(5)14/h2,8,13H,1,3,11H2,(H,12,14). The predicted octanol–water partition coefficient (Wildman–Crippen LogP) is 0.263. The van der Waals surface area contributed by atoms with Crippen molar-refractivity contribution in [3.8, 4) is 0 Å². The Balaban J connectivity index is 3.35. The van der Waals surface area contributed by atoms with Gasteiger partial charge in [0.25, 0.3) is 6.43 Å². The summed E-state index contributed by atoms with van der Waals surface area (Å²) in [6.07, 6.45) is -1.94. The van der Waals surface area contributed by atoms with Crippen molar-refractivity contribution < 1.29 is 13.9 Å². The number of aliphatic hydroxyl groups is 1. The molecule has 4 nitrogen and oxygen atoms in total. The number of aliphatic hydroxyl groups excluding tert-OH is 1. The summed E-state index contributed by atoms with van der Waals surface area (Å²) in [5.74, 6) is 0. The molecule has 1 rings (SSSR count). The zero-order chi connectivity index (χ0) is 10.7. The Morgan fingerprint density at radius 1 is 1.57 bits per heavy atom. The Labute approximate surface area is 78.4 Å². The number of halogens is 2. The first-order valence-corrected chi connectivity index (χ1v) is 3.94. The van der Waals surface area contributed by atoms with E-state index in [2.05, 4.69) is 4.98 Å². The minimum atomic E-state index is -2.84. The summed E-state index contributed by atoms with van der Waals surface area (Å²) in [4.78, 5) is 13.7. The molecule has 0 amide bonds. The van der Waals surface area contributed by atoms with Crippen molar-refractivity contribution in [3.05, 3.63) is 33.2 Å². The zero-order valence-electron chi connectivity index (χ0n) is 7.26. The molecule has 6 heteroatoms. The number of alkyl halides is 2. The number of aromatic amines is 1. The van der Waals surface area contributed by atoms with Crippen LogP contribution in [0.4, 0.5) is 8.78 Å². The Bertz CT molecular complexity index is 376. The third kappa shape index (κ3) is 1.80. The van der Waals surface area contributed by atoms with E-state index in [0.29, 0.717) is 0 Å². The van der Waals surface area contributed by atoms with Crippen LogP contribution in [0.15, 0.2) is 11.0 Å². The highest BCUT2D eigenvalue weighted by Gasteiger charge is 2.16. The lowest BCUT2D eigenvalue weighted by atomic mass is 10.1. The second-order valence-corrected chi connectivity index (χ2v) is 2.69. The minimum Gasteiger partial charge on any atom is -0.390 e. The van der Waals surface area contributed by atoms with Gasteiger partial charge in [0.2, 0.25) is 0 Å². The van der Waals surface area contributed by atoms with Gasteiger partial charge in [0.1, 0.15) is 0 Å². The van der Waals surface area contributed by atoms with Gasteiger partial charge in [0, 0.05) is 24.0 Å². The molecule has 0 aliphatic rings. The van der Waals surface area contributed by atoms with Crippen LogP contribution in [0.25, 0.3) is 0 Å².